The van der Waals surface area contributed by atoms with Crippen LogP contribution >= 0.6 is 0 Å². The molecular weight excluding hydrogens is 258 g/mol. The molecule has 0 bridgehead atoms. The van der Waals surface area contributed by atoms with Crippen molar-refractivity contribution < 1.29 is 19.1 Å². The third-order valence-corrected chi connectivity index (χ3v) is 2.30. The molecule has 1 aromatic carbocycles. The highest BCUT2D eigenvalue weighted by atomic mass is 16.6. The third-order valence-electron chi connectivity index (χ3n) is 2.30. The maximum Gasteiger partial charge on any atom is 0.343 e. The topological polar surface area (TPSA) is 64.6 Å². The molecule has 0 aromatic heterocycles. The maximum atomic E-state index is 10.9. The first-order valence-electron chi connectivity index (χ1n) is 6.15. The second-order valence-corrected chi connectivity index (χ2v) is 3.92. The number of amides is 1. The van der Waals surface area contributed by atoms with Crippen molar-refractivity contribution in [3.63, 3.8) is 0 Å². The fraction of sp³-hybridized carbons (Fsp3) is 0.333. The van der Waals surface area contributed by atoms with Crippen molar-refractivity contribution in [2.24, 2.45) is 0 Å². The molecule has 5 nitrogen and oxygen atoms in total. The molecule has 0 aliphatic rings. The largest absolute Gasteiger partial charge is 0.482 e. The Morgan fingerprint density at radius 2 is 1.95 bits per heavy atom. The lowest BCUT2D eigenvalue weighted by Crippen LogP contribution is -2.20. The van der Waals surface area contributed by atoms with Gasteiger partial charge in [-0.1, -0.05) is 11.8 Å². The van der Waals surface area contributed by atoms with E-state index in [1.807, 2.05) is 0 Å². The molecule has 0 fully saturated rings. The van der Waals surface area contributed by atoms with Gasteiger partial charge in [-0.05, 0) is 24.3 Å². The van der Waals surface area contributed by atoms with E-state index in [-0.39, 0.29) is 12.5 Å². The first-order chi connectivity index (χ1) is 9.61. The molecule has 20 heavy (non-hydrogen) atoms. The molecule has 0 aliphatic carbocycles. The molecular formula is C15H17NO4. The molecule has 1 rings (SSSR count). The zero-order valence-corrected chi connectivity index (χ0v) is 11.6. The van der Waals surface area contributed by atoms with Crippen molar-refractivity contribution >= 4 is 11.9 Å². The summed E-state index contributed by atoms with van der Waals surface area (Å²) in [5.74, 6) is 6.03. The van der Waals surface area contributed by atoms with Gasteiger partial charge < -0.3 is 14.8 Å². The first kappa shape index (κ1) is 15.6. The van der Waals surface area contributed by atoms with E-state index >= 15 is 0 Å². The summed E-state index contributed by atoms with van der Waals surface area (Å²) in [5, 5.41) is 2.67. The molecule has 1 N–H and O–H groups in total. The van der Waals surface area contributed by atoms with E-state index in [2.05, 4.69) is 21.9 Å². The highest BCUT2D eigenvalue weighted by Crippen LogP contribution is 2.11. The minimum Gasteiger partial charge on any atom is -0.482 e. The Labute approximate surface area is 118 Å². The normalized spacial score (nSPS) is 9.10. The van der Waals surface area contributed by atoms with Crippen LogP contribution in [-0.4, -0.2) is 32.1 Å². The Morgan fingerprint density at radius 1 is 1.25 bits per heavy atom. The van der Waals surface area contributed by atoms with Crippen LogP contribution < -0.4 is 10.1 Å². The number of benzene rings is 1. The zero-order chi connectivity index (χ0) is 14.8. The van der Waals surface area contributed by atoms with Crippen molar-refractivity contribution in [1.82, 2.24) is 5.32 Å². The highest BCUT2D eigenvalue weighted by molar-refractivity contribution is 5.72. The molecule has 0 saturated heterocycles. The van der Waals surface area contributed by atoms with Crippen LogP contribution in [0.1, 0.15) is 18.9 Å². The summed E-state index contributed by atoms with van der Waals surface area (Å²) in [7, 11) is 1.31. The number of rotatable bonds is 5. The number of methoxy groups -OCH3 is 1. The van der Waals surface area contributed by atoms with Crippen LogP contribution in [0.15, 0.2) is 24.3 Å². The predicted octanol–water partition coefficient (Wildman–Crippen LogP) is 1.12. The van der Waals surface area contributed by atoms with Crippen LogP contribution in [0.5, 0.6) is 5.75 Å². The Bertz CT molecular complexity index is 511. The number of hydrogen-bond acceptors (Lipinski definition) is 4. The summed E-state index contributed by atoms with van der Waals surface area (Å²) in [6, 6.07) is 7.08. The molecule has 5 heteroatoms. The van der Waals surface area contributed by atoms with Crippen LogP contribution in [-0.2, 0) is 14.3 Å². The number of carbonyl (C=O) groups is 2. The number of nitrogens with one attached hydrogen (secondary N) is 1. The van der Waals surface area contributed by atoms with Gasteiger partial charge in [0.05, 0.1) is 7.11 Å². The Hall–Kier alpha value is -2.48. The lowest BCUT2D eigenvalue weighted by atomic mass is 10.2. The fourth-order valence-corrected chi connectivity index (χ4v) is 1.30. The fourth-order valence-electron chi connectivity index (χ4n) is 1.30. The van der Waals surface area contributed by atoms with E-state index in [1.54, 1.807) is 24.3 Å². The van der Waals surface area contributed by atoms with Gasteiger partial charge in [0.15, 0.2) is 6.61 Å². The van der Waals surface area contributed by atoms with Gasteiger partial charge in [-0.15, -0.1) is 0 Å². The first-order valence-corrected chi connectivity index (χ1v) is 6.15. The lowest BCUT2D eigenvalue weighted by Gasteiger charge is -2.04. The molecule has 0 atom stereocenters. The Balaban J connectivity index is 2.40. The molecule has 0 unspecified atom stereocenters. The van der Waals surface area contributed by atoms with E-state index in [0.717, 1.165) is 5.56 Å². The minimum atomic E-state index is -0.424. The number of carbonyl (C=O) groups excluding carboxylic acids is 2. The molecule has 0 spiro atoms. The van der Waals surface area contributed by atoms with Crippen LogP contribution in [0.4, 0.5) is 0 Å². The molecule has 1 amide bonds. The van der Waals surface area contributed by atoms with Crippen molar-refractivity contribution in [2.75, 3.05) is 20.3 Å². The number of esters is 1. The van der Waals surface area contributed by atoms with Crippen LogP contribution in [0.2, 0.25) is 0 Å². The highest BCUT2D eigenvalue weighted by Gasteiger charge is 2.00. The number of ether oxygens (including phenoxy) is 2. The quantitative estimate of drug-likeness (QED) is 0.497. The van der Waals surface area contributed by atoms with Gasteiger partial charge in [-0.25, -0.2) is 4.79 Å². The van der Waals surface area contributed by atoms with Gasteiger partial charge in [0, 0.05) is 25.5 Å². The van der Waals surface area contributed by atoms with Gasteiger partial charge in [-0.3, -0.25) is 4.79 Å². The molecule has 1 aromatic rings. The average molecular weight is 275 g/mol. The minimum absolute atomic E-state index is 0.0566. The van der Waals surface area contributed by atoms with E-state index in [4.69, 9.17) is 4.74 Å². The van der Waals surface area contributed by atoms with Crippen LogP contribution in [0.25, 0.3) is 0 Å². The average Bonchev–Trinajstić information content (AvgIpc) is 2.45. The summed E-state index contributed by atoms with van der Waals surface area (Å²) in [6.07, 6.45) is 0.597. The summed E-state index contributed by atoms with van der Waals surface area (Å²) in [5.41, 5.74) is 0.846. The molecule has 106 valence electrons. The molecule has 0 heterocycles. The summed E-state index contributed by atoms with van der Waals surface area (Å²) in [4.78, 5) is 21.5. The predicted molar refractivity (Wildman–Crippen MR) is 74.1 cm³/mol. The van der Waals surface area contributed by atoms with E-state index in [1.165, 1.54) is 14.0 Å². The van der Waals surface area contributed by atoms with Crippen LogP contribution in [0.3, 0.4) is 0 Å². The molecule has 0 radical (unpaired) electrons. The Kier molecular flexibility index (Phi) is 6.69. The summed E-state index contributed by atoms with van der Waals surface area (Å²) < 4.78 is 9.69. The summed E-state index contributed by atoms with van der Waals surface area (Å²) in [6.45, 7) is 1.90. The van der Waals surface area contributed by atoms with Crippen molar-refractivity contribution in [3.8, 4) is 17.6 Å². The van der Waals surface area contributed by atoms with E-state index in [9.17, 15) is 9.59 Å². The van der Waals surface area contributed by atoms with E-state index in [0.29, 0.717) is 18.7 Å². The van der Waals surface area contributed by atoms with Crippen LogP contribution in [0, 0.1) is 11.8 Å². The Morgan fingerprint density at radius 3 is 2.55 bits per heavy atom. The molecule has 0 aliphatic heterocycles. The second kappa shape index (κ2) is 8.59. The standard InChI is InChI=1S/C15H17NO4/c1-12(17)16-10-4-3-5-13-6-8-14(9-7-13)20-11-15(18)19-2/h6-9H,4,10-11H2,1-2H3,(H,16,17). The van der Waals surface area contributed by atoms with Crippen molar-refractivity contribution in [1.29, 1.82) is 0 Å². The lowest BCUT2D eigenvalue weighted by molar-refractivity contribution is -0.142. The van der Waals surface area contributed by atoms with Crippen molar-refractivity contribution in [3.05, 3.63) is 29.8 Å². The van der Waals surface area contributed by atoms with E-state index < -0.39 is 5.97 Å². The smallest absolute Gasteiger partial charge is 0.343 e. The van der Waals surface area contributed by atoms with Gasteiger partial charge in [0.1, 0.15) is 5.75 Å². The second-order valence-electron chi connectivity index (χ2n) is 3.92. The zero-order valence-electron chi connectivity index (χ0n) is 11.6. The molecule has 0 saturated carbocycles. The van der Waals surface area contributed by atoms with Gasteiger partial charge in [0.25, 0.3) is 0 Å². The van der Waals surface area contributed by atoms with Gasteiger partial charge in [0.2, 0.25) is 5.91 Å². The number of hydrogen-bond donors (Lipinski definition) is 1. The van der Waals surface area contributed by atoms with Crippen molar-refractivity contribution in [2.45, 2.75) is 13.3 Å². The third kappa shape index (κ3) is 6.45. The monoisotopic (exact) mass is 275 g/mol. The van der Waals surface area contributed by atoms with Gasteiger partial charge in [-0.2, -0.15) is 0 Å². The van der Waals surface area contributed by atoms with Gasteiger partial charge >= 0.3 is 5.97 Å². The summed E-state index contributed by atoms with van der Waals surface area (Å²) >= 11 is 0. The maximum absolute atomic E-state index is 10.9. The SMILES string of the molecule is COC(=O)COc1ccc(C#CCCNC(C)=O)cc1.